The SMILES string of the molecule is Cc1ccc(F)c(C(=O)N[C@@H](C(=O)N2CCC3(CC2)C(=O)N(C)C(=O)N3Cc2cccc(S(C)(=O)=O)c2)C(C)C)c1. The average molecular weight is 587 g/mol. The first kappa shape index (κ1) is 30.2. The minimum Gasteiger partial charge on any atom is -0.341 e. The van der Waals surface area contributed by atoms with Gasteiger partial charge in [0.25, 0.3) is 11.8 Å². The molecule has 2 aliphatic rings. The summed E-state index contributed by atoms with van der Waals surface area (Å²) in [5.74, 6) is -2.40. The van der Waals surface area contributed by atoms with Crippen molar-refractivity contribution in [3.8, 4) is 0 Å². The molecule has 0 unspecified atom stereocenters. The number of nitrogens with zero attached hydrogens (tertiary/aromatic N) is 3. The molecule has 2 aromatic rings. The number of piperidine rings is 1. The van der Waals surface area contributed by atoms with Gasteiger partial charge in [-0.2, -0.15) is 0 Å². The fraction of sp³-hybridized carbons (Fsp3) is 0.448. The summed E-state index contributed by atoms with van der Waals surface area (Å²) in [7, 11) is -2.06. The van der Waals surface area contributed by atoms with Crippen LogP contribution >= 0.6 is 0 Å². The van der Waals surface area contributed by atoms with Gasteiger partial charge in [0.1, 0.15) is 17.4 Å². The smallest absolute Gasteiger partial charge is 0.327 e. The van der Waals surface area contributed by atoms with Gasteiger partial charge in [-0.3, -0.25) is 19.3 Å². The quantitative estimate of drug-likeness (QED) is 0.498. The number of amides is 5. The number of imide groups is 1. The van der Waals surface area contributed by atoms with E-state index in [4.69, 9.17) is 0 Å². The van der Waals surface area contributed by atoms with Gasteiger partial charge in [0.15, 0.2) is 9.84 Å². The van der Waals surface area contributed by atoms with Crippen LogP contribution in [-0.2, 0) is 26.0 Å². The Morgan fingerprint density at radius 2 is 1.73 bits per heavy atom. The van der Waals surface area contributed by atoms with Crippen molar-refractivity contribution in [3.05, 3.63) is 65.0 Å². The second kappa shape index (κ2) is 11.2. The summed E-state index contributed by atoms with van der Waals surface area (Å²) in [6.07, 6.45) is 1.44. The van der Waals surface area contributed by atoms with Crippen molar-refractivity contribution in [2.24, 2.45) is 5.92 Å². The first-order chi connectivity index (χ1) is 19.2. The number of likely N-dealkylation sites (N-methyl/N-ethyl adjacent to an activating group) is 1. The maximum atomic E-state index is 14.3. The molecule has 2 aromatic carbocycles. The van der Waals surface area contributed by atoms with E-state index in [0.29, 0.717) is 11.1 Å². The van der Waals surface area contributed by atoms with Gasteiger partial charge in [0.05, 0.1) is 10.5 Å². The van der Waals surface area contributed by atoms with Gasteiger partial charge in [0.2, 0.25) is 5.91 Å². The van der Waals surface area contributed by atoms with Crippen molar-refractivity contribution in [2.45, 2.75) is 56.6 Å². The van der Waals surface area contributed by atoms with Crippen LogP contribution in [0.4, 0.5) is 9.18 Å². The third kappa shape index (κ3) is 5.83. The summed E-state index contributed by atoms with van der Waals surface area (Å²) < 4.78 is 38.4. The number of carbonyl (C=O) groups is 4. The molecule has 2 saturated heterocycles. The van der Waals surface area contributed by atoms with Crippen molar-refractivity contribution in [2.75, 3.05) is 26.4 Å². The lowest BCUT2D eigenvalue weighted by atomic mass is 9.85. The van der Waals surface area contributed by atoms with E-state index in [9.17, 15) is 32.0 Å². The topological polar surface area (TPSA) is 124 Å². The number of hydrogen-bond acceptors (Lipinski definition) is 6. The number of rotatable bonds is 7. The predicted octanol–water partition coefficient (Wildman–Crippen LogP) is 2.75. The normalized spacial score (nSPS) is 17.9. The molecule has 1 spiro atoms. The van der Waals surface area contributed by atoms with E-state index in [0.717, 1.165) is 11.2 Å². The fourth-order valence-corrected chi connectivity index (χ4v) is 6.17. The maximum Gasteiger partial charge on any atom is 0.327 e. The molecule has 1 N–H and O–H groups in total. The lowest BCUT2D eigenvalue weighted by Crippen LogP contribution is -2.60. The Labute approximate surface area is 239 Å². The zero-order valence-electron chi connectivity index (χ0n) is 23.8. The van der Waals surface area contributed by atoms with Crippen molar-refractivity contribution in [1.82, 2.24) is 20.0 Å². The maximum absolute atomic E-state index is 14.3. The molecule has 1 atom stereocenters. The number of nitrogens with one attached hydrogen (secondary N) is 1. The molecule has 2 aliphatic heterocycles. The zero-order chi connectivity index (χ0) is 30.3. The number of aryl methyl sites for hydroxylation is 1. The summed E-state index contributed by atoms with van der Waals surface area (Å²) >= 11 is 0. The molecule has 0 radical (unpaired) electrons. The van der Waals surface area contributed by atoms with E-state index >= 15 is 0 Å². The van der Waals surface area contributed by atoms with Crippen molar-refractivity contribution in [1.29, 1.82) is 0 Å². The highest BCUT2D eigenvalue weighted by Crippen LogP contribution is 2.38. The van der Waals surface area contributed by atoms with Gasteiger partial charge in [-0.15, -0.1) is 0 Å². The first-order valence-corrected chi connectivity index (χ1v) is 15.3. The Balaban J connectivity index is 1.52. The molecule has 12 heteroatoms. The number of likely N-dealkylation sites (tertiary alicyclic amines) is 1. The van der Waals surface area contributed by atoms with Gasteiger partial charge in [0, 0.05) is 32.9 Å². The third-order valence-corrected chi connectivity index (χ3v) is 9.00. The van der Waals surface area contributed by atoms with E-state index in [1.165, 1.54) is 36.2 Å². The lowest BCUT2D eigenvalue weighted by Gasteiger charge is -2.43. The minimum atomic E-state index is -3.47. The molecular formula is C29H35FN4O6S. The highest BCUT2D eigenvalue weighted by molar-refractivity contribution is 7.90. The molecule has 0 aromatic heterocycles. The number of hydrogen-bond donors (Lipinski definition) is 1. The number of halogens is 1. The van der Waals surface area contributed by atoms with Crippen LogP contribution < -0.4 is 5.32 Å². The Morgan fingerprint density at radius 3 is 2.34 bits per heavy atom. The van der Waals surface area contributed by atoms with Crippen LogP contribution in [0.3, 0.4) is 0 Å². The summed E-state index contributed by atoms with van der Waals surface area (Å²) in [5, 5.41) is 2.68. The van der Waals surface area contributed by atoms with Crippen LogP contribution in [0.1, 0.15) is 48.2 Å². The highest BCUT2D eigenvalue weighted by atomic mass is 32.2. The molecule has 0 aliphatic carbocycles. The minimum absolute atomic E-state index is 0.0267. The summed E-state index contributed by atoms with van der Waals surface area (Å²) in [4.78, 5) is 57.2. The van der Waals surface area contributed by atoms with Crippen LogP contribution in [0.2, 0.25) is 0 Å². The van der Waals surface area contributed by atoms with Crippen LogP contribution in [0.25, 0.3) is 0 Å². The van der Waals surface area contributed by atoms with E-state index in [1.807, 2.05) is 0 Å². The second-order valence-electron chi connectivity index (χ2n) is 11.2. The Kier molecular flexibility index (Phi) is 8.26. The predicted molar refractivity (Wildman–Crippen MR) is 149 cm³/mol. The Bertz CT molecular complexity index is 1500. The molecule has 5 amide bonds. The van der Waals surface area contributed by atoms with Crippen molar-refractivity contribution >= 4 is 33.6 Å². The summed E-state index contributed by atoms with van der Waals surface area (Å²) in [6.45, 7) is 5.64. The van der Waals surface area contributed by atoms with Gasteiger partial charge in [-0.1, -0.05) is 37.6 Å². The van der Waals surface area contributed by atoms with Crippen molar-refractivity contribution < 1.29 is 32.0 Å². The van der Waals surface area contributed by atoms with Crippen LogP contribution in [0.15, 0.2) is 47.4 Å². The van der Waals surface area contributed by atoms with Crippen LogP contribution in [-0.4, -0.2) is 84.8 Å². The first-order valence-electron chi connectivity index (χ1n) is 13.4. The average Bonchev–Trinajstić information content (AvgIpc) is 3.08. The second-order valence-corrected chi connectivity index (χ2v) is 13.2. The number of sulfone groups is 1. The largest absolute Gasteiger partial charge is 0.341 e. The number of carbonyl (C=O) groups excluding carboxylic acids is 4. The Hall–Kier alpha value is -3.80. The van der Waals surface area contributed by atoms with Gasteiger partial charge in [-0.05, 0) is 55.5 Å². The lowest BCUT2D eigenvalue weighted by molar-refractivity contribution is -0.142. The van der Waals surface area contributed by atoms with Gasteiger partial charge in [-0.25, -0.2) is 17.6 Å². The van der Waals surface area contributed by atoms with E-state index in [1.54, 1.807) is 43.9 Å². The molecule has 0 saturated carbocycles. The zero-order valence-corrected chi connectivity index (χ0v) is 24.6. The fourth-order valence-electron chi connectivity index (χ4n) is 5.48. The van der Waals surface area contributed by atoms with E-state index in [-0.39, 0.29) is 60.7 Å². The molecule has 0 bridgehead atoms. The molecule has 220 valence electrons. The van der Waals surface area contributed by atoms with E-state index < -0.39 is 39.2 Å². The standard InChI is InChI=1S/C29H35FN4O6S/c1-18(2)24(31-25(35)22-15-19(3)9-10-23(22)30)26(36)33-13-11-29(12-14-33)27(37)32(4)28(38)34(29)17-20-7-6-8-21(16-20)41(5,39)40/h6-10,15-16,18,24H,11-14,17H2,1-5H3,(H,31,35)/t24-/m1/s1. The molecule has 2 fully saturated rings. The van der Waals surface area contributed by atoms with Crippen LogP contribution in [0, 0.1) is 18.7 Å². The molecule has 4 rings (SSSR count). The van der Waals surface area contributed by atoms with Gasteiger partial charge >= 0.3 is 6.03 Å². The third-order valence-electron chi connectivity index (χ3n) is 7.89. The highest BCUT2D eigenvalue weighted by Gasteiger charge is 2.57. The summed E-state index contributed by atoms with van der Waals surface area (Å²) in [5.41, 5.74) is -0.0630. The molecule has 41 heavy (non-hydrogen) atoms. The van der Waals surface area contributed by atoms with Crippen LogP contribution in [0.5, 0.6) is 0 Å². The molecular weight excluding hydrogens is 551 g/mol. The number of urea groups is 1. The number of benzene rings is 2. The summed E-state index contributed by atoms with van der Waals surface area (Å²) in [6, 6.07) is 9.03. The monoisotopic (exact) mass is 586 g/mol. The molecule has 10 nitrogen and oxygen atoms in total. The van der Waals surface area contributed by atoms with Gasteiger partial charge < -0.3 is 15.1 Å². The van der Waals surface area contributed by atoms with E-state index in [2.05, 4.69) is 5.32 Å². The van der Waals surface area contributed by atoms with Crippen molar-refractivity contribution in [3.63, 3.8) is 0 Å². The Morgan fingerprint density at radius 1 is 1.07 bits per heavy atom. The molecule has 2 heterocycles.